The van der Waals surface area contributed by atoms with Crippen molar-refractivity contribution in [2.24, 2.45) is 17.8 Å². The Hall–Kier alpha value is -2.97. The SMILES string of the molecule is CC(C)C[C@H](CO)N1C(=O)[C@@H]2[C@H]3C(=O)N(Cc4ccccc4)CC=C[C@H]3O[C@@]23C=CCN(C(C)C)C(=O)C13. The number of hydrogen-bond donors (Lipinski definition) is 1. The van der Waals surface area contributed by atoms with Crippen LogP contribution in [-0.2, 0) is 25.7 Å². The summed E-state index contributed by atoms with van der Waals surface area (Å²) in [5.41, 5.74) is -0.263. The number of aliphatic hydroxyl groups excluding tert-OH is 1. The maximum Gasteiger partial charge on any atom is 0.249 e. The van der Waals surface area contributed by atoms with E-state index in [9.17, 15) is 19.5 Å². The molecule has 2 saturated heterocycles. The first-order valence-corrected chi connectivity index (χ1v) is 13.8. The quantitative estimate of drug-likeness (QED) is 0.557. The highest BCUT2D eigenvalue weighted by molar-refractivity contribution is 6.00. The lowest BCUT2D eigenvalue weighted by Crippen LogP contribution is -2.59. The number of likely N-dealkylation sites (tertiary alicyclic amines) is 1. The van der Waals surface area contributed by atoms with Gasteiger partial charge < -0.3 is 24.5 Å². The number of nitrogens with zero attached hydrogens (tertiary/aromatic N) is 3. The summed E-state index contributed by atoms with van der Waals surface area (Å²) < 4.78 is 6.70. The number of fused-ring (bicyclic) bond motifs is 2. The van der Waals surface area contributed by atoms with Crippen LogP contribution in [0, 0.1) is 17.8 Å². The van der Waals surface area contributed by atoms with Crippen molar-refractivity contribution in [1.29, 1.82) is 0 Å². The smallest absolute Gasteiger partial charge is 0.249 e. The van der Waals surface area contributed by atoms with Crippen molar-refractivity contribution in [1.82, 2.24) is 14.7 Å². The molecule has 1 N–H and O–H groups in total. The summed E-state index contributed by atoms with van der Waals surface area (Å²) in [6.07, 6.45) is 7.51. The Morgan fingerprint density at radius 1 is 1.00 bits per heavy atom. The molecular weight excluding hydrogens is 482 g/mol. The van der Waals surface area contributed by atoms with E-state index in [-0.39, 0.29) is 36.3 Å². The third-order valence-corrected chi connectivity index (χ3v) is 8.40. The van der Waals surface area contributed by atoms with Crippen LogP contribution >= 0.6 is 0 Å². The molecule has 4 heterocycles. The number of benzene rings is 1. The molecule has 1 unspecified atom stereocenters. The first-order chi connectivity index (χ1) is 18.2. The largest absolute Gasteiger partial charge is 0.394 e. The van der Waals surface area contributed by atoms with Crippen molar-refractivity contribution in [2.75, 3.05) is 19.7 Å². The van der Waals surface area contributed by atoms with Gasteiger partial charge in [-0.1, -0.05) is 68.5 Å². The van der Waals surface area contributed by atoms with Crippen LogP contribution in [0.25, 0.3) is 0 Å². The van der Waals surface area contributed by atoms with Gasteiger partial charge >= 0.3 is 0 Å². The van der Waals surface area contributed by atoms with Gasteiger partial charge in [0, 0.05) is 25.7 Å². The second-order valence-electron chi connectivity index (χ2n) is 11.7. The molecule has 0 saturated carbocycles. The summed E-state index contributed by atoms with van der Waals surface area (Å²) in [6, 6.07) is 8.23. The van der Waals surface area contributed by atoms with E-state index in [1.54, 1.807) is 14.7 Å². The number of carbonyl (C=O) groups is 3. The Morgan fingerprint density at radius 2 is 1.74 bits per heavy atom. The maximum absolute atomic E-state index is 14.4. The zero-order valence-corrected chi connectivity index (χ0v) is 22.7. The van der Waals surface area contributed by atoms with E-state index < -0.39 is 35.6 Å². The van der Waals surface area contributed by atoms with Crippen molar-refractivity contribution < 1.29 is 24.2 Å². The molecule has 6 atom stereocenters. The van der Waals surface area contributed by atoms with Crippen molar-refractivity contribution >= 4 is 17.7 Å². The van der Waals surface area contributed by atoms with Crippen LogP contribution in [-0.4, -0.2) is 87.1 Å². The van der Waals surface area contributed by atoms with Crippen molar-refractivity contribution in [2.45, 2.75) is 70.5 Å². The van der Waals surface area contributed by atoms with Gasteiger partial charge in [0.15, 0.2) is 0 Å². The predicted molar refractivity (Wildman–Crippen MR) is 143 cm³/mol. The molecule has 0 radical (unpaired) electrons. The number of hydrogen-bond acceptors (Lipinski definition) is 5. The highest BCUT2D eigenvalue weighted by Gasteiger charge is 2.72. The Kier molecular flexibility index (Phi) is 7.22. The normalized spacial score (nSPS) is 31.6. The highest BCUT2D eigenvalue weighted by atomic mass is 16.5. The molecule has 204 valence electrons. The van der Waals surface area contributed by atoms with E-state index in [1.165, 1.54) is 0 Å². The van der Waals surface area contributed by atoms with Gasteiger partial charge in [0.25, 0.3) is 0 Å². The highest BCUT2D eigenvalue weighted by Crippen LogP contribution is 2.54. The van der Waals surface area contributed by atoms with Gasteiger partial charge in [0.1, 0.15) is 11.6 Å². The molecule has 8 heteroatoms. The molecular formula is C30H39N3O5. The van der Waals surface area contributed by atoms with Gasteiger partial charge in [-0.05, 0) is 31.7 Å². The second kappa shape index (κ2) is 10.3. The minimum Gasteiger partial charge on any atom is -0.394 e. The summed E-state index contributed by atoms with van der Waals surface area (Å²) in [4.78, 5) is 47.7. The molecule has 0 aromatic heterocycles. The number of ether oxygens (including phenoxy) is 1. The summed E-state index contributed by atoms with van der Waals surface area (Å²) in [7, 11) is 0. The van der Waals surface area contributed by atoms with Crippen LogP contribution in [0.4, 0.5) is 0 Å². The molecule has 5 rings (SSSR count). The van der Waals surface area contributed by atoms with Gasteiger partial charge in [-0.25, -0.2) is 0 Å². The van der Waals surface area contributed by atoms with Gasteiger partial charge in [0.05, 0.1) is 30.6 Å². The molecule has 1 spiro atoms. The van der Waals surface area contributed by atoms with Crippen LogP contribution in [0.5, 0.6) is 0 Å². The number of aliphatic hydroxyl groups is 1. The monoisotopic (exact) mass is 521 g/mol. The Balaban J connectivity index is 1.58. The van der Waals surface area contributed by atoms with E-state index in [0.717, 1.165) is 5.56 Å². The van der Waals surface area contributed by atoms with Crippen LogP contribution in [0.15, 0.2) is 54.6 Å². The first kappa shape index (κ1) is 26.6. The van der Waals surface area contributed by atoms with Crippen LogP contribution in [0.1, 0.15) is 39.7 Å². The number of carbonyl (C=O) groups excluding carboxylic acids is 3. The molecule has 8 nitrogen and oxygen atoms in total. The Bertz CT molecular complexity index is 1130. The standard InChI is InChI=1S/C30H39N3O5/c1-19(2)16-22(18-34)33-26-29(37)32(20(3)4)15-9-13-30(26)25(28(33)36)24-23(38-30)12-8-14-31(27(24)35)17-21-10-6-5-7-11-21/h5-13,19-20,22-26,34H,14-18H2,1-4H3/t22-,23-,24+,25+,26?,30+/m1/s1. The Morgan fingerprint density at radius 3 is 2.39 bits per heavy atom. The zero-order chi connectivity index (χ0) is 27.2. The molecule has 0 bridgehead atoms. The lowest BCUT2D eigenvalue weighted by Gasteiger charge is -2.39. The molecule has 0 aliphatic carbocycles. The van der Waals surface area contributed by atoms with E-state index in [1.807, 2.05) is 82.3 Å². The number of rotatable bonds is 7. The minimum atomic E-state index is -1.27. The third-order valence-electron chi connectivity index (χ3n) is 8.40. The fourth-order valence-electron chi connectivity index (χ4n) is 6.77. The average Bonchev–Trinajstić information content (AvgIpc) is 3.20. The van der Waals surface area contributed by atoms with Gasteiger partial charge in [-0.3, -0.25) is 14.4 Å². The zero-order valence-electron chi connectivity index (χ0n) is 22.7. The molecule has 1 aromatic rings. The molecule has 3 amide bonds. The second-order valence-corrected chi connectivity index (χ2v) is 11.7. The maximum atomic E-state index is 14.4. The topological polar surface area (TPSA) is 90.4 Å². The van der Waals surface area contributed by atoms with Crippen molar-refractivity contribution in [3.8, 4) is 0 Å². The minimum absolute atomic E-state index is 0.0780. The van der Waals surface area contributed by atoms with E-state index in [4.69, 9.17) is 4.74 Å². The summed E-state index contributed by atoms with van der Waals surface area (Å²) >= 11 is 0. The number of amides is 3. The Labute approximate surface area is 224 Å². The van der Waals surface area contributed by atoms with Crippen LogP contribution < -0.4 is 0 Å². The summed E-state index contributed by atoms with van der Waals surface area (Å²) in [5.74, 6) is -2.02. The third kappa shape index (κ3) is 4.28. The fourth-order valence-corrected chi connectivity index (χ4v) is 6.77. The summed E-state index contributed by atoms with van der Waals surface area (Å²) in [6.45, 7) is 8.96. The van der Waals surface area contributed by atoms with Crippen molar-refractivity contribution in [3.63, 3.8) is 0 Å². The van der Waals surface area contributed by atoms with Gasteiger partial charge in [-0.2, -0.15) is 0 Å². The van der Waals surface area contributed by atoms with E-state index in [2.05, 4.69) is 0 Å². The molecule has 2 fully saturated rings. The van der Waals surface area contributed by atoms with Crippen molar-refractivity contribution in [3.05, 3.63) is 60.2 Å². The lowest BCUT2D eigenvalue weighted by atomic mass is 9.77. The van der Waals surface area contributed by atoms with Gasteiger partial charge in [0.2, 0.25) is 17.7 Å². The van der Waals surface area contributed by atoms with Crippen LogP contribution in [0.2, 0.25) is 0 Å². The molecule has 4 aliphatic rings. The first-order valence-electron chi connectivity index (χ1n) is 13.8. The molecule has 4 aliphatic heterocycles. The molecule has 1 aromatic carbocycles. The van der Waals surface area contributed by atoms with E-state index in [0.29, 0.717) is 26.1 Å². The fraction of sp³-hybridized carbons (Fsp3) is 0.567. The average molecular weight is 522 g/mol. The van der Waals surface area contributed by atoms with Gasteiger partial charge in [-0.15, -0.1) is 0 Å². The lowest BCUT2D eigenvalue weighted by molar-refractivity contribution is -0.152. The van der Waals surface area contributed by atoms with Crippen LogP contribution in [0.3, 0.4) is 0 Å². The summed E-state index contributed by atoms with van der Waals surface area (Å²) in [5, 5.41) is 10.4. The van der Waals surface area contributed by atoms with E-state index >= 15 is 0 Å². The molecule has 38 heavy (non-hydrogen) atoms. The predicted octanol–water partition coefficient (Wildman–Crippen LogP) is 2.38.